The Hall–Kier alpha value is -2.50. The molecule has 0 spiro atoms. The molecule has 1 saturated heterocycles. The molecular weight excluding hydrogens is 501 g/mol. The molecule has 0 amide bonds. The number of hydrogen-bond donors (Lipinski definition) is 0. The van der Waals surface area contributed by atoms with Crippen LogP contribution in [-0.4, -0.2) is 47.7 Å². The Morgan fingerprint density at radius 2 is 1.51 bits per heavy atom. The molecule has 1 aliphatic rings. The molecule has 1 aromatic heterocycles. The summed E-state index contributed by atoms with van der Waals surface area (Å²) < 4.78 is 8.13. The Morgan fingerprint density at radius 3 is 2.22 bits per heavy atom. The number of methoxy groups -OCH3 is 1. The Morgan fingerprint density at radius 1 is 0.811 bits per heavy atom. The van der Waals surface area contributed by atoms with Crippen molar-refractivity contribution in [3.63, 3.8) is 0 Å². The van der Waals surface area contributed by atoms with Crippen molar-refractivity contribution in [2.24, 2.45) is 0 Å². The summed E-state index contributed by atoms with van der Waals surface area (Å²) >= 11 is 12.8. The molecular formula is C31H35Cl2N3O. The molecule has 0 aliphatic carbocycles. The maximum atomic E-state index is 6.41. The fourth-order valence-corrected chi connectivity index (χ4v) is 5.83. The molecule has 4 aromatic rings. The lowest BCUT2D eigenvalue weighted by Crippen LogP contribution is -2.45. The molecule has 5 rings (SSSR count). The van der Waals surface area contributed by atoms with Crippen LogP contribution in [0.3, 0.4) is 0 Å². The average molecular weight is 537 g/mol. The van der Waals surface area contributed by atoms with Crippen LogP contribution < -0.4 is 4.74 Å². The molecule has 0 saturated carbocycles. The summed E-state index contributed by atoms with van der Waals surface area (Å²) in [6, 6.07) is 21.1. The SMILES string of the molecule is CCCCn1cc(-c2ccccc2OC)c2cc(CN3CCN(Cc4c(Cl)cccc4Cl)CC3)ccc21. The van der Waals surface area contributed by atoms with Crippen molar-refractivity contribution in [3.8, 4) is 16.9 Å². The number of aromatic nitrogens is 1. The minimum absolute atomic E-state index is 0.750. The van der Waals surface area contributed by atoms with Crippen molar-refractivity contribution < 1.29 is 4.74 Å². The van der Waals surface area contributed by atoms with E-state index < -0.39 is 0 Å². The molecule has 3 aromatic carbocycles. The summed E-state index contributed by atoms with van der Waals surface area (Å²) in [5.74, 6) is 0.914. The van der Waals surface area contributed by atoms with E-state index in [0.717, 1.165) is 72.7 Å². The smallest absolute Gasteiger partial charge is 0.126 e. The van der Waals surface area contributed by atoms with E-state index in [-0.39, 0.29) is 0 Å². The molecule has 1 aliphatic heterocycles. The largest absolute Gasteiger partial charge is 0.496 e. The van der Waals surface area contributed by atoms with E-state index >= 15 is 0 Å². The fourth-order valence-electron chi connectivity index (χ4n) is 5.31. The van der Waals surface area contributed by atoms with Crippen LogP contribution in [0.5, 0.6) is 5.75 Å². The van der Waals surface area contributed by atoms with Gasteiger partial charge in [0, 0.05) is 89.6 Å². The van der Waals surface area contributed by atoms with E-state index in [1.54, 1.807) is 7.11 Å². The number of para-hydroxylation sites is 1. The first kappa shape index (κ1) is 26.1. The molecule has 0 bridgehead atoms. The minimum atomic E-state index is 0.750. The predicted octanol–water partition coefficient (Wildman–Crippen LogP) is 7.74. The van der Waals surface area contributed by atoms with Crippen LogP contribution in [0.1, 0.15) is 30.9 Å². The van der Waals surface area contributed by atoms with Crippen LogP contribution in [0.25, 0.3) is 22.0 Å². The van der Waals surface area contributed by atoms with Crippen LogP contribution in [0.2, 0.25) is 10.0 Å². The maximum absolute atomic E-state index is 6.41. The number of benzene rings is 3. The Labute approximate surface area is 230 Å². The van der Waals surface area contributed by atoms with Crippen molar-refractivity contribution >= 4 is 34.1 Å². The zero-order valence-corrected chi connectivity index (χ0v) is 23.2. The van der Waals surface area contributed by atoms with Gasteiger partial charge in [0.1, 0.15) is 5.75 Å². The quantitative estimate of drug-likeness (QED) is 0.218. The topological polar surface area (TPSA) is 20.6 Å². The van der Waals surface area contributed by atoms with Crippen molar-refractivity contribution in [2.75, 3.05) is 33.3 Å². The van der Waals surface area contributed by atoms with Gasteiger partial charge in [0.25, 0.3) is 0 Å². The molecule has 0 atom stereocenters. The number of rotatable bonds is 9. The summed E-state index contributed by atoms with van der Waals surface area (Å²) in [6.07, 6.45) is 4.65. The van der Waals surface area contributed by atoms with Gasteiger partial charge < -0.3 is 9.30 Å². The summed E-state index contributed by atoms with van der Waals surface area (Å²) in [5.41, 5.74) is 6.06. The first-order chi connectivity index (χ1) is 18.1. The molecule has 0 unspecified atom stereocenters. The van der Waals surface area contributed by atoms with Gasteiger partial charge in [-0.25, -0.2) is 0 Å². The van der Waals surface area contributed by atoms with E-state index in [0.29, 0.717) is 0 Å². The highest BCUT2D eigenvalue weighted by molar-refractivity contribution is 6.35. The van der Waals surface area contributed by atoms with Gasteiger partial charge in [-0.05, 0) is 42.3 Å². The molecule has 2 heterocycles. The summed E-state index contributed by atoms with van der Waals surface area (Å²) in [5, 5.41) is 2.80. The zero-order chi connectivity index (χ0) is 25.8. The predicted molar refractivity (Wildman–Crippen MR) is 156 cm³/mol. The van der Waals surface area contributed by atoms with Gasteiger partial charge >= 0.3 is 0 Å². The lowest BCUT2D eigenvalue weighted by Gasteiger charge is -2.35. The first-order valence-electron chi connectivity index (χ1n) is 13.2. The number of unbranched alkanes of at least 4 members (excludes halogenated alkanes) is 1. The maximum Gasteiger partial charge on any atom is 0.126 e. The van der Waals surface area contributed by atoms with Gasteiger partial charge in [-0.15, -0.1) is 0 Å². The number of ether oxygens (including phenoxy) is 1. The normalized spacial score (nSPS) is 14.9. The van der Waals surface area contributed by atoms with Gasteiger partial charge in [0.05, 0.1) is 7.11 Å². The second-order valence-electron chi connectivity index (χ2n) is 9.89. The standard InChI is InChI=1S/C31H35Cl2N3O/c1-3-4-14-36-22-26(24-8-5-6-11-31(24)37-2)25-19-23(12-13-30(25)36)20-34-15-17-35(18-16-34)21-27-28(32)9-7-10-29(27)33/h5-13,19,22H,3-4,14-18,20-21H2,1-2H3. The van der Waals surface area contributed by atoms with Crippen molar-refractivity contribution in [1.82, 2.24) is 14.4 Å². The Bertz CT molecular complexity index is 1340. The third kappa shape index (κ3) is 5.83. The van der Waals surface area contributed by atoms with Crippen LogP contribution >= 0.6 is 23.2 Å². The molecule has 1 fully saturated rings. The molecule has 194 valence electrons. The van der Waals surface area contributed by atoms with Crippen LogP contribution in [-0.2, 0) is 19.6 Å². The van der Waals surface area contributed by atoms with Crippen LogP contribution in [0, 0.1) is 0 Å². The lowest BCUT2D eigenvalue weighted by atomic mass is 10.0. The molecule has 0 N–H and O–H groups in total. The number of halogens is 2. The average Bonchev–Trinajstić information content (AvgIpc) is 3.28. The summed E-state index contributed by atoms with van der Waals surface area (Å²) in [6.45, 7) is 9.07. The molecule has 37 heavy (non-hydrogen) atoms. The highest BCUT2D eigenvalue weighted by atomic mass is 35.5. The highest BCUT2D eigenvalue weighted by Crippen LogP contribution is 2.37. The first-order valence-corrected chi connectivity index (χ1v) is 14.0. The number of piperazine rings is 1. The van der Waals surface area contributed by atoms with Crippen molar-refractivity contribution in [3.05, 3.63) is 88.0 Å². The third-order valence-electron chi connectivity index (χ3n) is 7.41. The molecule has 0 radical (unpaired) electrons. The van der Waals surface area contributed by atoms with E-state index in [4.69, 9.17) is 27.9 Å². The minimum Gasteiger partial charge on any atom is -0.496 e. The second-order valence-corrected chi connectivity index (χ2v) is 10.7. The zero-order valence-electron chi connectivity index (χ0n) is 21.7. The van der Waals surface area contributed by atoms with E-state index in [9.17, 15) is 0 Å². The van der Waals surface area contributed by atoms with Crippen LogP contribution in [0.15, 0.2) is 66.9 Å². The van der Waals surface area contributed by atoms with Gasteiger partial charge in [0.2, 0.25) is 0 Å². The van der Waals surface area contributed by atoms with E-state index in [1.165, 1.54) is 34.9 Å². The van der Waals surface area contributed by atoms with Gasteiger partial charge in [-0.3, -0.25) is 9.80 Å². The van der Waals surface area contributed by atoms with Gasteiger partial charge in [-0.1, -0.05) is 66.9 Å². The van der Waals surface area contributed by atoms with Gasteiger partial charge in [0.15, 0.2) is 0 Å². The summed E-state index contributed by atoms with van der Waals surface area (Å²) in [4.78, 5) is 4.99. The van der Waals surface area contributed by atoms with E-state index in [1.807, 2.05) is 30.3 Å². The lowest BCUT2D eigenvalue weighted by molar-refractivity contribution is 0.122. The van der Waals surface area contributed by atoms with Crippen molar-refractivity contribution in [1.29, 1.82) is 0 Å². The highest BCUT2D eigenvalue weighted by Gasteiger charge is 2.20. The number of aryl methyl sites for hydroxylation is 1. The monoisotopic (exact) mass is 535 g/mol. The van der Waals surface area contributed by atoms with Crippen LogP contribution in [0.4, 0.5) is 0 Å². The third-order valence-corrected chi connectivity index (χ3v) is 8.12. The molecule has 6 heteroatoms. The van der Waals surface area contributed by atoms with Gasteiger partial charge in [-0.2, -0.15) is 0 Å². The number of hydrogen-bond acceptors (Lipinski definition) is 3. The second kappa shape index (κ2) is 11.9. The summed E-state index contributed by atoms with van der Waals surface area (Å²) in [7, 11) is 1.75. The molecule has 4 nitrogen and oxygen atoms in total. The Kier molecular flexibility index (Phi) is 8.41. The van der Waals surface area contributed by atoms with Crippen molar-refractivity contribution in [2.45, 2.75) is 39.4 Å². The number of nitrogens with zero attached hydrogens (tertiary/aromatic N) is 3. The van der Waals surface area contributed by atoms with E-state index in [2.05, 4.69) is 57.8 Å². The number of fused-ring (bicyclic) bond motifs is 1. The Balaban J connectivity index is 1.34. The fraction of sp³-hybridized carbons (Fsp3) is 0.355.